The highest BCUT2D eigenvalue weighted by molar-refractivity contribution is 7.80. The number of hydrogen-bond donors (Lipinski definition) is 2. The van der Waals surface area contributed by atoms with Crippen molar-refractivity contribution in [3.63, 3.8) is 0 Å². The van der Waals surface area contributed by atoms with Gasteiger partial charge in [-0.3, -0.25) is 0 Å². The van der Waals surface area contributed by atoms with E-state index in [1.165, 1.54) is 5.56 Å². The number of para-hydroxylation sites is 2. The molecule has 0 radical (unpaired) electrons. The molecule has 0 aliphatic heterocycles. The third-order valence-corrected chi connectivity index (χ3v) is 4.60. The zero-order chi connectivity index (χ0) is 19.3. The molecule has 4 aromatic rings. The normalized spacial score (nSPS) is 10.6. The summed E-state index contributed by atoms with van der Waals surface area (Å²) in [5.41, 5.74) is 4.02. The Kier molecular flexibility index (Phi) is 5.21. The van der Waals surface area contributed by atoms with Crippen molar-refractivity contribution in [3.05, 3.63) is 84.4 Å². The van der Waals surface area contributed by atoms with Gasteiger partial charge in [0.1, 0.15) is 5.75 Å². The Bertz CT molecular complexity index is 1110. The Labute approximate surface area is 169 Å². The SMILES string of the molecule is COc1cccc(NC(=S)Nc2nc3ccccc3n2Cc2ccccc2)c1. The van der Waals surface area contributed by atoms with Gasteiger partial charge in [-0.25, -0.2) is 4.98 Å². The van der Waals surface area contributed by atoms with E-state index in [4.69, 9.17) is 21.9 Å². The van der Waals surface area contributed by atoms with Crippen LogP contribution in [-0.2, 0) is 6.54 Å². The molecule has 0 amide bonds. The topological polar surface area (TPSA) is 51.1 Å². The zero-order valence-electron chi connectivity index (χ0n) is 15.4. The van der Waals surface area contributed by atoms with E-state index < -0.39 is 0 Å². The van der Waals surface area contributed by atoms with Crippen molar-refractivity contribution in [2.45, 2.75) is 6.54 Å². The molecule has 140 valence electrons. The Morgan fingerprint density at radius 1 is 0.964 bits per heavy atom. The minimum Gasteiger partial charge on any atom is -0.497 e. The summed E-state index contributed by atoms with van der Waals surface area (Å²) in [5, 5.41) is 6.90. The van der Waals surface area contributed by atoms with Crippen LogP contribution >= 0.6 is 12.2 Å². The van der Waals surface area contributed by atoms with Crippen LogP contribution in [0.3, 0.4) is 0 Å². The first-order valence-electron chi connectivity index (χ1n) is 8.94. The lowest BCUT2D eigenvalue weighted by Gasteiger charge is -2.13. The van der Waals surface area contributed by atoms with E-state index in [9.17, 15) is 0 Å². The number of nitrogens with zero attached hydrogens (tertiary/aromatic N) is 2. The number of benzene rings is 3. The lowest BCUT2D eigenvalue weighted by atomic mass is 10.2. The lowest BCUT2D eigenvalue weighted by molar-refractivity contribution is 0.415. The molecule has 0 aliphatic carbocycles. The molecule has 1 aromatic heterocycles. The second-order valence-electron chi connectivity index (χ2n) is 6.31. The van der Waals surface area contributed by atoms with Gasteiger partial charge in [0.25, 0.3) is 0 Å². The molecule has 5 nitrogen and oxygen atoms in total. The highest BCUT2D eigenvalue weighted by atomic mass is 32.1. The van der Waals surface area contributed by atoms with E-state index in [-0.39, 0.29) is 0 Å². The first-order chi connectivity index (χ1) is 13.7. The van der Waals surface area contributed by atoms with E-state index in [0.29, 0.717) is 17.6 Å². The fourth-order valence-electron chi connectivity index (χ4n) is 3.06. The molecule has 0 atom stereocenters. The number of anilines is 2. The van der Waals surface area contributed by atoms with Crippen molar-refractivity contribution in [2.75, 3.05) is 17.7 Å². The number of ether oxygens (including phenoxy) is 1. The van der Waals surface area contributed by atoms with Gasteiger partial charge in [-0.15, -0.1) is 0 Å². The van der Waals surface area contributed by atoms with Gasteiger partial charge < -0.3 is 19.9 Å². The smallest absolute Gasteiger partial charge is 0.210 e. The molecule has 0 saturated carbocycles. The highest BCUT2D eigenvalue weighted by Crippen LogP contribution is 2.22. The van der Waals surface area contributed by atoms with Crippen LogP contribution < -0.4 is 15.4 Å². The van der Waals surface area contributed by atoms with Crippen LogP contribution in [0.1, 0.15) is 5.56 Å². The number of hydrogen-bond acceptors (Lipinski definition) is 3. The molecule has 28 heavy (non-hydrogen) atoms. The van der Waals surface area contributed by atoms with Gasteiger partial charge in [0.05, 0.1) is 24.7 Å². The fraction of sp³-hybridized carbons (Fsp3) is 0.0909. The monoisotopic (exact) mass is 388 g/mol. The second kappa shape index (κ2) is 8.10. The summed E-state index contributed by atoms with van der Waals surface area (Å²) in [6.45, 7) is 0.700. The van der Waals surface area contributed by atoms with E-state index in [0.717, 1.165) is 22.5 Å². The molecule has 6 heteroatoms. The summed E-state index contributed by atoms with van der Waals surface area (Å²) < 4.78 is 7.39. The summed E-state index contributed by atoms with van der Waals surface area (Å²) in [6, 6.07) is 26.0. The Hall–Kier alpha value is -3.38. The van der Waals surface area contributed by atoms with Crippen molar-refractivity contribution in [2.24, 2.45) is 0 Å². The van der Waals surface area contributed by atoms with Crippen LogP contribution in [0.5, 0.6) is 5.75 Å². The first-order valence-corrected chi connectivity index (χ1v) is 9.35. The van der Waals surface area contributed by atoms with Crippen LogP contribution in [-0.4, -0.2) is 21.8 Å². The third kappa shape index (κ3) is 3.97. The molecule has 3 aromatic carbocycles. The Balaban J connectivity index is 1.60. The van der Waals surface area contributed by atoms with Gasteiger partial charge in [-0.05, 0) is 42.0 Å². The molecule has 1 heterocycles. The number of rotatable bonds is 5. The minimum atomic E-state index is 0.470. The first kappa shape index (κ1) is 18.0. The van der Waals surface area contributed by atoms with Crippen molar-refractivity contribution in [1.82, 2.24) is 9.55 Å². The van der Waals surface area contributed by atoms with E-state index in [1.54, 1.807) is 7.11 Å². The number of methoxy groups -OCH3 is 1. The van der Waals surface area contributed by atoms with Gasteiger partial charge in [0.2, 0.25) is 5.95 Å². The van der Waals surface area contributed by atoms with Crippen LogP contribution in [0.15, 0.2) is 78.9 Å². The molecule has 0 unspecified atom stereocenters. The Morgan fingerprint density at radius 3 is 2.57 bits per heavy atom. The maximum atomic E-state index is 5.51. The van der Waals surface area contributed by atoms with E-state index >= 15 is 0 Å². The third-order valence-electron chi connectivity index (χ3n) is 4.39. The second-order valence-corrected chi connectivity index (χ2v) is 6.72. The molecule has 0 bridgehead atoms. The van der Waals surface area contributed by atoms with Gasteiger partial charge >= 0.3 is 0 Å². The van der Waals surface area contributed by atoms with Crippen LogP contribution in [0.2, 0.25) is 0 Å². The van der Waals surface area contributed by atoms with Crippen molar-refractivity contribution >= 4 is 40.0 Å². The fourth-order valence-corrected chi connectivity index (χ4v) is 3.27. The maximum Gasteiger partial charge on any atom is 0.210 e. The van der Waals surface area contributed by atoms with Gasteiger partial charge in [0.15, 0.2) is 5.11 Å². The van der Waals surface area contributed by atoms with Crippen LogP contribution in [0, 0.1) is 0 Å². The highest BCUT2D eigenvalue weighted by Gasteiger charge is 2.12. The van der Waals surface area contributed by atoms with E-state index in [1.807, 2.05) is 60.7 Å². The standard InChI is InChI=1S/C22H20N4OS/c1-27-18-11-7-10-17(14-18)23-22(28)25-21-24-19-12-5-6-13-20(19)26(21)15-16-8-3-2-4-9-16/h2-14H,15H2,1H3,(H2,23,24,25,28). The molecular formula is C22H20N4OS. The Morgan fingerprint density at radius 2 is 1.75 bits per heavy atom. The van der Waals surface area contributed by atoms with Crippen molar-refractivity contribution < 1.29 is 4.74 Å². The predicted molar refractivity (Wildman–Crippen MR) is 118 cm³/mol. The molecule has 0 saturated heterocycles. The number of aromatic nitrogens is 2. The number of thiocarbonyl (C=S) groups is 1. The van der Waals surface area contributed by atoms with Crippen molar-refractivity contribution in [3.8, 4) is 5.75 Å². The van der Waals surface area contributed by atoms with Crippen molar-refractivity contribution in [1.29, 1.82) is 0 Å². The average molecular weight is 388 g/mol. The van der Waals surface area contributed by atoms with Gasteiger partial charge in [-0.2, -0.15) is 0 Å². The zero-order valence-corrected chi connectivity index (χ0v) is 16.2. The molecule has 0 aliphatic rings. The number of nitrogens with one attached hydrogen (secondary N) is 2. The molecular weight excluding hydrogens is 368 g/mol. The minimum absolute atomic E-state index is 0.470. The van der Waals surface area contributed by atoms with Gasteiger partial charge in [0, 0.05) is 11.8 Å². The predicted octanol–water partition coefficient (Wildman–Crippen LogP) is 4.90. The average Bonchev–Trinajstić information content (AvgIpc) is 3.06. The maximum absolute atomic E-state index is 5.51. The van der Waals surface area contributed by atoms with Crippen LogP contribution in [0.4, 0.5) is 11.6 Å². The summed E-state index contributed by atoms with van der Waals surface area (Å²) in [7, 11) is 1.64. The summed E-state index contributed by atoms with van der Waals surface area (Å²) >= 11 is 5.51. The lowest BCUT2D eigenvalue weighted by Crippen LogP contribution is -2.21. The van der Waals surface area contributed by atoms with E-state index in [2.05, 4.69) is 33.4 Å². The molecule has 0 spiro atoms. The molecule has 0 fully saturated rings. The summed E-state index contributed by atoms with van der Waals surface area (Å²) in [6.07, 6.45) is 0. The summed E-state index contributed by atoms with van der Waals surface area (Å²) in [4.78, 5) is 4.72. The van der Waals surface area contributed by atoms with Crippen LogP contribution in [0.25, 0.3) is 11.0 Å². The largest absolute Gasteiger partial charge is 0.497 e. The molecule has 4 rings (SSSR count). The number of fused-ring (bicyclic) bond motifs is 1. The van der Waals surface area contributed by atoms with Gasteiger partial charge in [-0.1, -0.05) is 48.5 Å². The quantitative estimate of drug-likeness (QED) is 0.476. The number of imidazole rings is 1. The summed E-state index contributed by atoms with van der Waals surface area (Å²) in [5.74, 6) is 1.47. The molecule has 2 N–H and O–H groups in total.